The zero-order valence-corrected chi connectivity index (χ0v) is 21.2. The topological polar surface area (TPSA) is 34.9 Å². The second kappa shape index (κ2) is 9.25. The Labute approximate surface area is 223 Å². The molecule has 0 aliphatic heterocycles. The zero-order chi connectivity index (χ0) is 25.5. The maximum atomic E-state index is 14.4. The lowest BCUT2D eigenvalue weighted by Gasteiger charge is -2.15. The second-order valence-electron chi connectivity index (χ2n) is 9.24. The summed E-state index contributed by atoms with van der Waals surface area (Å²) in [4.78, 5) is 19.1. The molecule has 3 heterocycles. The highest BCUT2D eigenvalue weighted by atomic mass is 32.1. The highest BCUT2D eigenvalue weighted by Gasteiger charge is 2.19. The van der Waals surface area contributed by atoms with Crippen LogP contribution in [0.1, 0.15) is 0 Å². The van der Waals surface area contributed by atoms with Crippen molar-refractivity contribution < 1.29 is 0 Å². The van der Waals surface area contributed by atoms with Gasteiger partial charge in [0.05, 0.1) is 15.8 Å². The van der Waals surface area contributed by atoms with E-state index in [4.69, 9.17) is 4.98 Å². The van der Waals surface area contributed by atoms with Crippen molar-refractivity contribution in [3.8, 4) is 39.1 Å². The number of rotatable bonds is 4. The molecule has 3 aromatic heterocycles. The molecule has 38 heavy (non-hydrogen) atoms. The lowest BCUT2D eigenvalue weighted by atomic mass is 9.97. The molecule has 0 radical (unpaired) electrons. The van der Waals surface area contributed by atoms with Gasteiger partial charge in [-0.2, -0.15) is 0 Å². The molecule has 0 N–H and O–H groups in total. The fraction of sp³-hybridized carbons (Fsp3) is 0. The normalized spacial score (nSPS) is 11.3. The number of thiophene rings is 1. The Morgan fingerprint density at radius 3 is 1.79 bits per heavy atom. The summed E-state index contributed by atoms with van der Waals surface area (Å²) in [5.41, 5.74) is 7.68. The van der Waals surface area contributed by atoms with E-state index >= 15 is 0 Å². The van der Waals surface area contributed by atoms with E-state index < -0.39 is 0 Å². The van der Waals surface area contributed by atoms with Crippen LogP contribution in [0.3, 0.4) is 0 Å². The summed E-state index contributed by atoms with van der Waals surface area (Å²) in [7, 11) is 0. The number of hydrogen-bond acceptors (Lipinski definition) is 3. The molecule has 7 aromatic rings. The van der Waals surface area contributed by atoms with Crippen LogP contribution in [-0.4, -0.2) is 9.55 Å². The smallest absolute Gasteiger partial charge is 0.266 e. The maximum absolute atomic E-state index is 14.4. The van der Waals surface area contributed by atoms with Crippen LogP contribution in [0, 0.1) is 0 Å². The summed E-state index contributed by atoms with van der Waals surface area (Å²) in [6.07, 6.45) is 1.76. The van der Waals surface area contributed by atoms with E-state index in [-0.39, 0.29) is 5.56 Å². The Kier molecular flexibility index (Phi) is 5.46. The summed E-state index contributed by atoms with van der Waals surface area (Å²) < 4.78 is 2.76. The molecule has 0 bridgehead atoms. The first kappa shape index (κ1) is 22.4. The quantitative estimate of drug-likeness (QED) is 0.240. The van der Waals surface area contributed by atoms with Crippen molar-refractivity contribution in [3.63, 3.8) is 0 Å². The molecule has 7 rings (SSSR count). The van der Waals surface area contributed by atoms with Crippen LogP contribution < -0.4 is 5.56 Å². The first-order chi connectivity index (χ1) is 18.8. The lowest BCUT2D eigenvalue weighted by molar-refractivity contribution is 1.03. The Morgan fingerprint density at radius 1 is 0.605 bits per heavy atom. The third kappa shape index (κ3) is 3.74. The van der Waals surface area contributed by atoms with Crippen LogP contribution in [0.25, 0.3) is 60.2 Å². The third-order valence-electron chi connectivity index (χ3n) is 6.93. The van der Waals surface area contributed by atoms with Crippen LogP contribution in [0.4, 0.5) is 0 Å². The van der Waals surface area contributed by atoms with Gasteiger partial charge in [-0.3, -0.25) is 9.36 Å². The van der Waals surface area contributed by atoms with Crippen molar-refractivity contribution in [2.45, 2.75) is 0 Å². The van der Waals surface area contributed by atoms with E-state index in [1.807, 2.05) is 60.7 Å². The van der Waals surface area contributed by atoms with E-state index in [1.165, 1.54) is 0 Å². The molecular weight excluding hydrogens is 484 g/mol. The van der Waals surface area contributed by atoms with Crippen LogP contribution in [0.5, 0.6) is 0 Å². The standard InChI is InChI=1S/C34H22N2OS/c37-34-31-30(25-15-8-3-9-16-25)22-38-32(31)29-17-10-18-35-33(29)36(34)28-20-26(23-11-4-1-5-12-23)19-27(21-28)24-13-6-2-7-14-24/h1-22H. The molecule has 0 aliphatic carbocycles. The minimum atomic E-state index is -0.0597. The number of fused-ring (bicyclic) bond motifs is 3. The fourth-order valence-corrected chi connectivity index (χ4v) is 6.22. The van der Waals surface area contributed by atoms with Crippen LogP contribution >= 0.6 is 11.3 Å². The minimum Gasteiger partial charge on any atom is -0.268 e. The van der Waals surface area contributed by atoms with Gasteiger partial charge < -0.3 is 0 Å². The van der Waals surface area contributed by atoms with Gasteiger partial charge in [0, 0.05) is 22.5 Å². The van der Waals surface area contributed by atoms with E-state index in [0.29, 0.717) is 5.65 Å². The largest absolute Gasteiger partial charge is 0.268 e. The van der Waals surface area contributed by atoms with Gasteiger partial charge in [0.2, 0.25) is 0 Å². The van der Waals surface area contributed by atoms with E-state index in [1.54, 1.807) is 22.1 Å². The number of pyridine rings is 2. The van der Waals surface area contributed by atoms with E-state index in [2.05, 4.69) is 66.0 Å². The molecule has 0 saturated heterocycles. The van der Waals surface area contributed by atoms with Gasteiger partial charge in [0.25, 0.3) is 5.56 Å². The fourth-order valence-electron chi connectivity index (χ4n) is 5.13. The van der Waals surface area contributed by atoms with Crippen molar-refractivity contribution in [3.05, 3.63) is 143 Å². The van der Waals surface area contributed by atoms with Crippen LogP contribution in [0.2, 0.25) is 0 Å². The van der Waals surface area contributed by atoms with Gasteiger partial charge in [-0.25, -0.2) is 4.98 Å². The monoisotopic (exact) mass is 506 g/mol. The summed E-state index contributed by atoms with van der Waals surface area (Å²) in [6, 6.07) is 41.1. The first-order valence-corrected chi connectivity index (χ1v) is 13.4. The van der Waals surface area contributed by atoms with Crippen molar-refractivity contribution in [1.29, 1.82) is 0 Å². The Hall–Kier alpha value is -4.80. The predicted octanol–water partition coefficient (Wildman–Crippen LogP) is 8.60. The lowest BCUT2D eigenvalue weighted by Crippen LogP contribution is -2.20. The molecule has 3 nitrogen and oxygen atoms in total. The van der Waals surface area contributed by atoms with Gasteiger partial charge in [-0.15, -0.1) is 11.3 Å². The van der Waals surface area contributed by atoms with Crippen molar-refractivity contribution in [2.75, 3.05) is 0 Å². The average molecular weight is 507 g/mol. The number of aromatic nitrogens is 2. The van der Waals surface area contributed by atoms with Crippen molar-refractivity contribution in [1.82, 2.24) is 9.55 Å². The van der Waals surface area contributed by atoms with Crippen LogP contribution in [-0.2, 0) is 0 Å². The van der Waals surface area contributed by atoms with Crippen LogP contribution in [0.15, 0.2) is 138 Å². The van der Waals surface area contributed by atoms with Crippen molar-refractivity contribution in [2.24, 2.45) is 0 Å². The molecule has 180 valence electrons. The number of nitrogens with zero attached hydrogens (tertiary/aromatic N) is 2. The maximum Gasteiger partial charge on any atom is 0.266 e. The van der Waals surface area contributed by atoms with E-state index in [0.717, 1.165) is 54.5 Å². The van der Waals surface area contributed by atoms with E-state index in [9.17, 15) is 4.79 Å². The molecule has 4 heteroatoms. The van der Waals surface area contributed by atoms with Crippen molar-refractivity contribution >= 4 is 32.5 Å². The molecule has 0 atom stereocenters. The Balaban J connectivity index is 1.58. The summed E-state index contributed by atoms with van der Waals surface area (Å²) in [5, 5.41) is 3.79. The zero-order valence-electron chi connectivity index (χ0n) is 20.4. The number of hydrogen-bond donors (Lipinski definition) is 0. The van der Waals surface area contributed by atoms with Gasteiger partial charge in [-0.05, 0) is 58.1 Å². The molecule has 0 fully saturated rings. The SMILES string of the molecule is O=c1c2c(-c3ccccc3)csc2c2cccnc2n1-c1cc(-c2ccccc2)cc(-c2ccccc2)c1. The molecule has 0 unspecified atom stereocenters. The average Bonchev–Trinajstić information content (AvgIpc) is 3.45. The number of benzene rings is 4. The summed E-state index contributed by atoms with van der Waals surface area (Å²) in [5.74, 6) is 0. The van der Waals surface area contributed by atoms with Gasteiger partial charge >= 0.3 is 0 Å². The first-order valence-electron chi connectivity index (χ1n) is 12.5. The summed E-state index contributed by atoms with van der Waals surface area (Å²) in [6.45, 7) is 0. The molecule has 0 spiro atoms. The molecular formula is C34H22N2OS. The van der Waals surface area contributed by atoms with Gasteiger partial charge in [-0.1, -0.05) is 91.0 Å². The van der Waals surface area contributed by atoms with Gasteiger partial charge in [0.1, 0.15) is 5.65 Å². The Morgan fingerprint density at radius 2 is 1.18 bits per heavy atom. The van der Waals surface area contributed by atoms with Gasteiger partial charge in [0.15, 0.2) is 0 Å². The predicted molar refractivity (Wildman–Crippen MR) is 159 cm³/mol. The summed E-state index contributed by atoms with van der Waals surface area (Å²) >= 11 is 1.60. The molecule has 0 saturated carbocycles. The highest BCUT2D eigenvalue weighted by molar-refractivity contribution is 7.18. The molecule has 4 aromatic carbocycles. The minimum absolute atomic E-state index is 0.0597. The Bertz CT molecular complexity index is 1920. The molecule has 0 aliphatic rings. The highest BCUT2D eigenvalue weighted by Crippen LogP contribution is 2.37. The third-order valence-corrected chi connectivity index (χ3v) is 7.94. The molecule has 0 amide bonds. The second-order valence-corrected chi connectivity index (χ2v) is 10.1.